The molecular formula is C24H18Cl2N2O2. The van der Waals surface area contributed by atoms with Gasteiger partial charge in [-0.25, -0.2) is 0 Å². The minimum atomic E-state index is -0.421. The average Bonchev–Trinajstić information content (AvgIpc) is 2.73. The second-order valence-corrected chi connectivity index (χ2v) is 7.92. The normalized spacial score (nSPS) is 10.9. The maximum Gasteiger partial charge on any atom is 0.258 e. The fourth-order valence-corrected chi connectivity index (χ4v) is 3.97. The number of carbonyl (C=O) groups excluding carboxylic acids is 1. The molecule has 4 aromatic rings. The molecule has 0 aliphatic rings. The summed E-state index contributed by atoms with van der Waals surface area (Å²) in [6.07, 6.45) is 0. The number of hydrogen-bond donors (Lipinski definition) is 1. The van der Waals surface area contributed by atoms with Gasteiger partial charge in [-0.1, -0.05) is 65.2 Å². The van der Waals surface area contributed by atoms with Crippen LogP contribution in [-0.2, 0) is 7.05 Å². The quantitative estimate of drug-likeness (QED) is 0.423. The number of pyridine rings is 1. The second kappa shape index (κ2) is 7.98. The van der Waals surface area contributed by atoms with E-state index in [-0.39, 0.29) is 16.0 Å². The highest BCUT2D eigenvalue weighted by Crippen LogP contribution is 2.30. The van der Waals surface area contributed by atoms with E-state index in [1.54, 1.807) is 18.2 Å². The first kappa shape index (κ1) is 20.2. The predicted octanol–water partition coefficient (Wildman–Crippen LogP) is 6.07. The molecule has 4 rings (SSSR count). The van der Waals surface area contributed by atoms with Gasteiger partial charge in [0.25, 0.3) is 5.91 Å². The van der Waals surface area contributed by atoms with Crippen molar-refractivity contribution in [3.8, 4) is 11.1 Å². The smallest absolute Gasteiger partial charge is 0.258 e. The molecule has 0 saturated heterocycles. The lowest BCUT2D eigenvalue weighted by Crippen LogP contribution is -2.21. The summed E-state index contributed by atoms with van der Waals surface area (Å²) in [5, 5.41) is 4.16. The van der Waals surface area contributed by atoms with Gasteiger partial charge in [-0.05, 0) is 42.8 Å². The van der Waals surface area contributed by atoms with Gasteiger partial charge in [0.15, 0.2) is 5.43 Å². The highest BCUT2D eigenvalue weighted by atomic mass is 35.5. The fraction of sp³-hybridized carbons (Fsp3) is 0.0833. The van der Waals surface area contributed by atoms with Gasteiger partial charge < -0.3 is 9.88 Å². The van der Waals surface area contributed by atoms with Crippen LogP contribution in [0.3, 0.4) is 0 Å². The molecule has 6 heteroatoms. The maximum absolute atomic E-state index is 13.4. The Balaban J connectivity index is 1.94. The summed E-state index contributed by atoms with van der Waals surface area (Å²) < 4.78 is 1.81. The molecule has 0 radical (unpaired) electrons. The minimum Gasteiger partial charge on any atom is -0.330 e. The average molecular weight is 437 g/mol. The zero-order valence-corrected chi connectivity index (χ0v) is 17.9. The number of anilines is 1. The Morgan fingerprint density at radius 2 is 1.67 bits per heavy atom. The lowest BCUT2D eigenvalue weighted by molar-refractivity contribution is 0.102. The summed E-state index contributed by atoms with van der Waals surface area (Å²) in [5.74, 6) is -0.0196. The van der Waals surface area contributed by atoms with Gasteiger partial charge in [0.05, 0.1) is 21.7 Å². The van der Waals surface area contributed by atoms with Gasteiger partial charge in [0.1, 0.15) is 5.82 Å². The summed E-state index contributed by atoms with van der Waals surface area (Å²) in [6, 6.07) is 19.6. The van der Waals surface area contributed by atoms with Crippen molar-refractivity contribution < 1.29 is 4.79 Å². The molecule has 0 atom stereocenters. The summed E-state index contributed by atoms with van der Waals surface area (Å²) >= 11 is 12.2. The van der Waals surface area contributed by atoms with E-state index >= 15 is 0 Å². The fourth-order valence-electron chi connectivity index (χ4n) is 3.47. The maximum atomic E-state index is 13.4. The molecule has 3 aromatic carbocycles. The van der Waals surface area contributed by atoms with E-state index in [9.17, 15) is 9.59 Å². The summed E-state index contributed by atoms with van der Waals surface area (Å²) in [7, 11) is 1.82. The van der Waals surface area contributed by atoms with Crippen molar-refractivity contribution in [2.24, 2.45) is 7.05 Å². The summed E-state index contributed by atoms with van der Waals surface area (Å²) in [5.41, 5.74) is 3.08. The number of benzene rings is 3. The molecule has 0 fully saturated rings. The van der Waals surface area contributed by atoms with E-state index < -0.39 is 5.91 Å². The molecule has 0 saturated carbocycles. The van der Waals surface area contributed by atoms with E-state index in [0.29, 0.717) is 21.8 Å². The number of carbonyl (C=O) groups is 1. The van der Waals surface area contributed by atoms with E-state index in [1.165, 1.54) is 6.07 Å². The van der Waals surface area contributed by atoms with Gasteiger partial charge >= 0.3 is 0 Å². The van der Waals surface area contributed by atoms with Crippen molar-refractivity contribution in [3.05, 3.63) is 98.1 Å². The molecule has 1 N–H and O–H groups in total. The van der Waals surface area contributed by atoms with Crippen molar-refractivity contribution >= 4 is 45.8 Å². The molecule has 0 aliphatic heterocycles. The number of para-hydroxylation sites is 1. The predicted molar refractivity (Wildman–Crippen MR) is 124 cm³/mol. The molecule has 150 valence electrons. The molecule has 1 heterocycles. The van der Waals surface area contributed by atoms with Gasteiger partial charge in [0.2, 0.25) is 0 Å². The van der Waals surface area contributed by atoms with E-state index in [1.807, 2.05) is 61.0 Å². The molecule has 4 nitrogen and oxygen atoms in total. The third kappa shape index (κ3) is 3.60. The van der Waals surface area contributed by atoms with Gasteiger partial charge in [-0.2, -0.15) is 0 Å². The number of fused-ring (bicyclic) bond motifs is 1. The van der Waals surface area contributed by atoms with Crippen molar-refractivity contribution in [3.63, 3.8) is 0 Å². The topological polar surface area (TPSA) is 51.1 Å². The second-order valence-electron chi connectivity index (χ2n) is 7.07. The van der Waals surface area contributed by atoms with Crippen LogP contribution < -0.4 is 10.7 Å². The molecule has 1 amide bonds. The number of nitrogens with zero attached hydrogens (tertiary/aromatic N) is 1. The summed E-state index contributed by atoms with van der Waals surface area (Å²) in [4.78, 5) is 26.4. The molecular weight excluding hydrogens is 419 g/mol. The van der Waals surface area contributed by atoms with Crippen LogP contribution in [-0.4, -0.2) is 10.5 Å². The molecule has 0 spiro atoms. The van der Waals surface area contributed by atoms with Crippen LogP contribution in [0.15, 0.2) is 71.5 Å². The van der Waals surface area contributed by atoms with Crippen LogP contribution in [0.1, 0.15) is 15.9 Å². The molecule has 1 aromatic heterocycles. The van der Waals surface area contributed by atoms with Crippen molar-refractivity contribution in [2.75, 3.05) is 5.32 Å². The Kier molecular flexibility index (Phi) is 5.37. The number of aromatic nitrogens is 1. The third-order valence-corrected chi connectivity index (χ3v) is 5.61. The monoisotopic (exact) mass is 436 g/mol. The SMILES string of the molecule is Cc1ccc(-c2c(NC(=O)c3ccc(Cl)cc3Cl)n(C)c3ccccc3c2=O)cc1. The largest absolute Gasteiger partial charge is 0.330 e. The Hall–Kier alpha value is -3.08. The number of aryl methyl sites for hydroxylation is 2. The zero-order valence-electron chi connectivity index (χ0n) is 16.4. The number of halogens is 2. The molecule has 0 aliphatic carbocycles. The van der Waals surface area contributed by atoms with Gasteiger partial charge in [-0.3, -0.25) is 9.59 Å². The lowest BCUT2D eigenvalue weighted by atomic mass is 10.0. The number of nitrogens with one attached hydrogen (secondary N) is 1. The van der Waals surface area contributed by atoms with Crippen LogP contribution in [0, 0.1) is 6.92 Å². The Morgan fingerprint density at radius 1 is 0.967 bits per heavy atom. The number of rotatable bonds is 3. The van der Waals surface area contributed by atoms with E-state index in [4.69, 9.17) is 23.2 Å². The van der Waals surface area contributed by atoms with E-state index in [0.717, 1.165) is 16.6 Å². The van der Waals surface area contributed by atoms with Crippen LogP contribution in [0.25, 0.3) is 22.0 Å². The first-order chi connectivity index (χ1) is 14.4. The third-order valence-electron chi connectivity index (χ3n) is 5.06. The highest BCUT2D eigenvalue weighted by molar-refractivity contribution is 6.37. The number of amides is 1. The highest BCUT2D eigenvalue weighted by Gasteiger charge is 2.20. The van der Waals surface area contributed by atoms with E-state index in [2.05, 4.69) is 5.32 Å². The van der Waals surface area contributed by atoms with Gasteiger partial charge in [0, 0.05) is 17.5 Å². The first-order valence-corrected chi connectivity index (χ1v) is 10.1. The Labute approximate surface area is 183 Å². The number of hydrogen-bond acceptors (Lipinski definition) is 2. The zero-order chi connectivity index (χ0) is 21.4. The van der Waals surface area contributed by atoms with Crippen LogP contribution in [0.5, 0.6) is 0 Å². The summed E-state index contributed by atoms with van der Waals surface area (Å²) in [6.45, 7) is 1.98. The minimum absolute atomic E-state index is 0.148. The van der Waals surface area contributed by atoms with Crippen LogP contribution in [0.2, 0.25) is 10.0 Å². The first-order valence-electron chi connectivity index (χ1n) is 9.32. The standard InChI is InChI=1S/C24H18Cl2N2O2/c1-14-7-9-15(10-8-14)21-22(29)18-5-3-4-6-20(18)28(2)23(21)27-24(30)17-12-11-16(25)13-19(17)26/h3-13H,1-2H3,(H,27,30). The Morgan fingerprint density at radius 3 is 2.37 bits per heavy atom. The lowest BCUT2D eigenvalue weighted by Gasteiger charge is -2.18. The molecule has 30 heavy (non-hydrogen) atoms. The van der Waals surface area contributed by atoms with Crippen LogP contribution in [0.4, 0.5) is 5.82 Å². The van der Waals surface area contributed by atoms with Crippen molar-refractivity contribution in [1.29, 1.82) is 0 Å². The van der Waals surface area contributed by atoms with Gasteiger partial charge in [-0.15, -0.1) is 0 Å². The Bertz CT molecular complexity index is 1340. The molecule has 0 bridgehead atoms. The van der Waals surface area contributed by atoms with Crippen LogP contribution >= 0.6 is 23.2 Å². The van der Waals surface area contributed by atoms with Crippen molar-refractivity contribution in [1.82, 2.24) is 4.57 Å². The molecule has 0 unspecified atom stereocenters. The van der Waals surface area contributed by atoms with Crippen molar-refractivity contribution in [2.45, 2.75) is 6.92 Å².